The molecule has 2 aliphatic rings. The van der Waals surface area contributed by atoms with Gasteiger partial charge in [-0.1, -0.05) is 0 Å². The summed E-state index contributed by atoms with van der Waals surface area (Å²) in [5.74, 6) is 0.891. The zero-order chi connectivity index (χ0) is 13.6. The summed E-state index contributed by atoms with van der Waals surface area (Å²) in [5.41, 5.74) is -0.740. The first kappa shape index (κ1) is 12.3. The second-order valence-electron chi connectivity index (χ2n) is 5.65. The molecule has 2 fully saturated rings. The molecule has 1 saturated heterocycles. The van der Waals surface area contributed by atoms with Gasteiger partial charge in [0.1, 0.15) is 17.8 Å². The topological polar surface area (TPSA) is 62.6 Å². The Hall–Kier alpha value is -1.78. The summed E-state index contributed by atoms with van der Waals surface area (Å²) in [4.78, 5) is 26.2. The first-order valence-corrected chi connectivity index (χ1v) is 6.68. The molecule has 19 heavy (non-hydrogen) atoms. The maximum atomic E-state index is 12.7. The standard InChI is InChI=1S/C14H18N2O3/c1-9(11-4-3-7-19-11)16-8-12(17)15-14(2,13(16)18)10-5-6-10/h3-4,7,9-10H,5-6,8H2,1-2H3,(H,15,17). The van der Waals surface area contributed by atoms with Crippen LogP contribution >= 0.6 is 0 Å². The first-order valence-electron chi connectivity index (χ1n) is 6.68. The van der Waals surface area contributed by atoms with E-state index >= 15 is 0 Å². The van der Waals surface area contributed by atoms with E-state index in [1.807, 2.05) is 19.9 Å². The molecule has 5 nitrogen and oxygen atoms in total. The number of carbonyl (C=O) groups excluding carboxylic acids is 2. The number of amides is 2. The van der Waals surface area contributed by atoms with Gasteiger partial charge >= 0.3 is 0 Å². The Morgan fingerprint density at radius 2 is 2.21 bits per heavy atom. The van der Waals surface area contributed by atoms with Crippen LogP contribution in [0.25, 0.3) is 0 Å². The second kappa shape index (κ2) is 4.11. The quantitative estimate of drug-likeness (QED) is 0.897. The van der Waals surface area contributed by atoms with Crippen LogP contribution in [-0.4, -0.2) is 28.8 Å². The molecule has 102 valence electrons. The first-order chi connectivity index (χ1) is 9.02. The molecule has 5 heteroatoms. The summed E-state index contributed by atoms with van der Waals surface area (Å²) in [7, 11) is 0. The normalized spacial score (nSPS) is 29.3. The third-order valence-electron chi connectivity index (χ3n) is 4.23. The predicted molar refractivity (Wildman–Crippen MR) is 68.1 cm³/mol. The number of nitrogens with zero attached hydrogens (tertiary/aromatic N) is 1. The molecule has 1 saturated carbocycles. The third-order valence-corrected chi connectivity index (χ3v) is 4.23. The van der Waals surface area contributed by atoms with Gasteiger partial charge in [0.2, 0.25) is 11.8 Å². The molecule has 0 aromatic carbocycles. The van der Waals surface area contributed by atoms with Crippen LogP contribution in [0.4, 0.5) is 0 Å². The zero-order valence-corrected chi connectivity index (χ0v) is 11.2. The van der Waals surface area contributed by atoms with Crippen molar-refractivity contribution in [3.63, 3.8) is 0 Å². The maximum absolute atomic E-state index is 12.7. The van der Waals surface area contributed by atoms with E-state index in [1.54, 1.807) is 17.2 Å². The van der Waals surface area contributed by atoms with Gasteiger partial charge in [-0.05, 0) is 44.7 Å². The van der Waals surface area contributed by atoms with E-state index in [0.717, 1.165) is 12.8 Å². The van der Waals surface area contributed by atoms with Crippen molar-refractivity contribution in [1.82, 2.24) is 10.2 Å². The highest BCUT2D eigenvalue weighted by molar-refractivity contribution is 5.98. The molecule has 2 amide bonds. The van der Waals surface area contributed by atoms with Gasteiger partial charge in [-0.15, -0.1) is 0 Å². The fraction of sp³-hybridized carbons (Fsp3) is 0.571. The van der Waals surface area contributed by atoms with Crippen LogP contribution in [0.3, 0.4) is 0 Å². The van der Waals surface area contributed by atoms with Gasteiger partial charge in [-0.2, -0.15) is 0 Å². The van der Waals surface area contributed by atoms with Crippen molar-refractivity contribution in [2.45, 2.75) is 38.3 Å². The Bertz CT molecular complexity index is 507. The summed E-state index contributed by atoms with van der Waals surface area (Å²) in [5, 5.41) is 2.87. The minimum Gasteiger partial charge on any atom is -0.467 e. The molecule has 0 radical (unpaired) electrons. The number of carbonyl (C=O) groups is 2. The highest BCUT2D eigenvalue weighted by atomic mass is 16.3. The Balaban J connectivity index is 1.88. The minimum atomic E-state index is -0.740. The van der Waals surface area contributed by atoms with Crippen molar-refractivity contribution in [3.8, 4) is 0 Å². The summed E-state index contributed by atoms with van der Waals surface area (Å²) >= 11 is 0. The molecular weight excluding hydrogens is 244 g/mol. The number of hydrogen-bond donors (Lipinski definition) is 1. The summed E-state index contributed by atoms with van der Waals surface area (Å²) in [6, 6.07) is 3.41. The summed E-state index contributed by atoms with van der Waals surface area (Å²) in [6.07, 6.45) is 3.59. The van der Waals surface area contributed by atoms with E-state index in [0.29, 0.717) is 5.76 Å². The van der Waals surface area contributed by atoms with Crippen molar-refractivity contribution in [1.29, 1.82) is 0 Å². The van der Waals surface area contributed by atoms with Crippen molar-refractivity contribution in [2.75, 3.05) is 6.54 Å². The Morgan fingerprint density at radius 1 is 1.47 bits per heavy atom. The highest BCUT2D eigenvalue weighted by Gasteiger charge is 2.53. The van der Waals surface area contributed by atoms with Crippen LogP contribution in [0.5, 0.6) is 0 Å². The molecule has 2 atom stereocenters. The van der Waals surface area contributed by atoms with Crippen molar-refractivity contribution in [3.05, 3.63) is 24.2 Å². The van der Waals surface area contributed by atoms with Crippen LogP contribution in [-0.2, 0) is 9.59 Å². The van der Waals surface area contributed by atoms with Gasteiger partial charge < -0.3 is 14.6 Å². The van der Waals surface area contributed by atoms with Crippen LogP contribution < -0.4 is 5.32 Å². The van der Waals surface area contributed by atoms with E-state index < -0.39 is 5.54 Å². The molecule has 1 N–H and O–H groups in total. The second-order valence-corrected chi connectivity index (χ2v) is 5.65. The summed E-state index contributed by atoms with van der Waals surface area (Å²) < 4.78 is 5.35. The van der Waals surface area contributed by atoms with Gasteiger partial charge in [0.05, 0.1) is 12.3 Å². The van der Waals surface area contributed by atoms with Crippen LogP contribution in [0.15, 0.2) is 22.8 Å². The summed E-state index contributed by atoms with van der Waals surface area (Å²) in [6.45, 7) is 3.83. The fourth-order valence-corrected chi connectivity index (χ4v) is 2.84. The largest absolute Gasteiger partial charge is 0.467 e. The zero-order valence-electron chi connectivity index (χ0n) is 11.2. The predicted octanol–water partition coefficient (Wildman–Crippen LogP) is 1.47. The molecule has 1 aliphatic carbocycles. The molecule has 2 heterocycles. The number of nitrogens with one attached hydrogen (secondary N) is 1. The molecule has 0 bridgehead atoms. The average molecular weight is 262 g/mol. The van der Waals surface area contributed by atoms with Gasteiger partial charge in [0.15, 0.2) is 0 Å². The maximum Gasteiger partial charge on any atom is 0.249 e. The van der Waals surface area contributed by atoms with Crippen molar-refractivity contribution in [2.24, 2.45) is 5.92 Å². The molecule has 1 aromatic heterocycles. The van der Waals surface area contributed by atoms with E-state index in [9.17, 15) is 9.59 Å². The lowest BCUT2D eigenvalue weighted by Gasteiger charge is -2.42. The Labute approximate surface area is 111 Å². The van der Waals surface area contributed by atoms with Gasteiger partial charge in [-0.3, -0.25) is 9.59 Å². The molecule has 3 rings (SSSR count). The number of hydrogen-bond acceptors (Lipinski definition) is 3. The number of piperazine rings is 1. The lowest BCUT2D eigenvalue weighted by Crippen LogP contribution is -2.66. The van der Waals surface area contributed by atoms with E-state index in [2.05, 4.69) is 5.32 Å². The molecular formula is C14H18N2O3. The third kappa shape index (κ3) is 1.93. The minimum absolute atomic E-state index is 0.00139. The monoisotopic (exact) mass is 262 g/mol. The lowest BCUT2D eigenvalue weighted by molar-refractivity contribution is -0.152. The van der Waals surface area contributed by atoms with E-state index in [-0.39, 0.29) is 30.3 Å². The number of rotatable bonds is 3. The van der Waals surface area contributed by atoms with Crippen LogP contribution in [0.2, 0.25) is 0 Å². The Kier molecular flexibility index (Phi) is 2.66. The van der Waals surface area contributed by atoms with Gasteiger partial charge in [0.25, 0.3) is 0 Å². The fourth-order valence-electron chi connectivity index (χ4n) is 2.84. The van der Waals surface area contributed by atoms with E-state index in [4.69, 9.17) is 4.42 Å². The SMILES string of the molecule is CC(c1ccco1)N1CC(=O)NC(C)(C2CC2)C1=O. The molecule has 1 aromatic rings. The van der Waals surface area contributed by atoms with Crippen LogP contribution in [0, 0.1) is 5.92 Å². The van der Waals surface area contributed by atoms with Crippen molar-refractivity contribution >= 4 is 11.8 Å². The Morgan fingerprint density at radius 3 is 2.79 bits per heavy atom. The number of furan rings is 1. The van der Waals surface area contributed by atoms with Crippen molar-refractivity contribution < 1.29 is 14.0 Å². The van der Waals surface area contributed by atoms with Gasteiger partial charge in [0, 0.05) is 0 Å². The smallest absolute Gasteiger partial charge is 0.249 e. The molecule has 2 unspecified atom stereocenters. The van der Waals surface area contributed by atoms with Crippen LogP contribution in [0.1, 0.15) is 38.5 Å². The van der Waals surface area contributed by atoms with Gasteiger partial charge in [-0.25, -0.2) is 0 Å². The van der Waals surface area contributed by atoms with E-state index in [1.165, 1.54) is 0 Å². The molecule has 0 spiro atoms. The molecule has 1 aliphatic heterocycles. The average Bonchev–Trinajstić information content (AvgIpc) is 3.10. The lowest BCUT2D eigenvalue weighted by atomic mass is 9.90. The highest BCUT2D eigenvalue weighted by Crippen LogP contribution is 2.42.